The van der Waals surface area contributed by atoms with Crippen LogP contribution in [0.2, 0.25) is 0 Å². The second-order valence-corrected chi connectivity index (χ2v) is 8.26. The van der Waals surface area contributed by atoms with Crippen molar-refractivity contribution in [3.8, 4) is 10.7 Å². The highest BCUT2D eigenvalue weighted by molar-refractivity contribution is 7.18. The van der Waals surface area contributed by atoms with Crippen molar-refractivity contribution in [3.63, 3.8) is 0 Å². The number of carbonyl (C=O) groups excluding carboxylic acids is 1. The van der Waals surface area contributed by atoms with Gasteiger partial charge in [-0.15, -0.1) is 22.7 Å². The van der Waals surface area contributed by atoms with Crippen LogP contribution in [-0.2, 0) is 22.7 Å². The van der Waals surface area contributed by atoms with E-state index in [0.29, 0.717) is 11.2 Å². The van der Waals surface area contributed by atoms with Gasteiger partial charge in [0.1, 0.15) is 4.83 Å². The zero-order chi connectivity index (χ0) is 19.7. The van der Waals surface area contributed by atoms with E-state index in [1.54, 1.807) is 0 Å². The Morgan fingerprint density at radius 3 is 3.00 bits per heavy atom. The zero-order valence-corrected chi connectivity index (χ0v) is 16.8. The maximum absolute atomic E-state index is 12.6. The molecule has 8 nitrogen and oxygen atoms in total. The monoisotopic (exact) mass is 416 g/mol. The summed E-state index contributed by atoms with van der Waals surface area (Å²) in [7, 11) is 0. The SMILES string of the molecule is Cc1sc2ncn(CCC(=O)OCc3nc(-c4cccs4)no3)c(=O)c2c1C. The van der Waals surface area contributed by atoms with Crippen molar-refractivity contribution in [2.75, 3.05) is 0 Å². The summed E-state index contributed by atoms with van der Waals surface area (Å²) in [4.78, 5) is 35.8. The van der Waals surface area contributed by atoms with Gasteiger partial charge in [0.15, 0.2) is 6.61 Å². The third-order valence-corrected chi connectivity index (χ3v) is 6.26. The summed E-state index contributed by atoms with van der Waals surface area (Å²) in [6.45, 7) is 3.96. The molecular formula is C18H16N4O4S2. The third-order valence-electron chi connectivity index (χ3n) is 4.28. The molecule has 0 radical (unpaired) electrons. The molecule has 4 heterocycles. The fourth-order valence-corrected chi connectivity index (χ4v) is 4.31. The van der Waals surface area contributed by atoms with Gasteiger partial charge in [-0.1, -0.05) is 11.2 Å². The smallest absolute Gasteiger partial charge is 0.308 e. The molecule has 0 atom stereocenters. The Morgan fingerprint density at radius 1 is 1.36 bits per heavy atom. The molecule has 10 heteroatoms. The summed E-state index contributed by atoms with van der Waals surface area (Å²) in [5.74, 6) is 0.232. The molecule has 0 aliphatic heterocycles. The zero-order valence-electron chi connectivity index (χ0n) is 15.2. The summed E-state index contributed by atoms with van der Waals surface area (Å²) in [5.41, 5.74) is 0.796. The van der Waals surface area contributed by atoms with Gasteiger partial charge >= 0.3 is 5.97 Å². The fourth-order valence-electron chi connectivity index (χ4n) is 2.67. The molecule has 0 N–H and O–H groups in total. The van der Waals surface area contributed by atoms with Gasteiger partial charge in [0.25, 0.3) is 11.4 Å². The van der Waals surface area contributed by atoms with Crippen molar-refractivity contribution in [1.29, 1.82) is 0 Å². The van der Waals surface area contributed by atoms with Crippen molar-refractivity contribution in [3.05, 3.63) is 50.5 Å². The lowest BCUT2D eigenvalue weighted by molar-refractivity contribution is -0.146. The number of aryl methyl sites for hydroxylation is 3. The van der Waals surface area contributed by atoms with Crippen LogP contribution in [0.5, 0.6) is 0 Å². The van der Waals surface area contributed by atoms with Gasteiger partial charge in [0, 0.05) is 11.4 Å². The summed E-state index contributed by atoms with van der Waals surface area (Å²) >= 11 is 2.99. The van der Waals surface area contributed by atoms with Gasteiger partial charge in [-0.25, -0.2) is 4.98 Å². The van der Waals surface area contributed by atoms with E-state index in [1.165, 1.54) is 33.6 Å². The predicted molar refractivity (Wildman–Crippen MR) is 105 cm³/mol. The number of ether oxygens (including phenoxy) is 1. The number of aromatic nitrogens is 4. The summed E-state index contributed by atoms with van der Waals surface area (Å²) in [6, 6.07) is 3.77. The average Bonchev–Trinajstić information content (AvgIpc) is 3.41. The van der Waals surface area contributed by atoms with Gasteiger partial charge in [0.05, 0.1) is 23.0 Å². The normalized spacial score (nSPS) is 11.2. The van der Waals surface area contributed by atoms with Crippen LogP contribution in [0.15, 0.2) is 33.2 Å². The van der Waals surface area contributed by atoms with Crippen LogP contribution in [0.4, 0.5) is 0 Å². The molecule has 4 aromatic rings. The molecule has 0 aliphatic carbocycles. The van der Waals surface area contributed by atoms with Crippen LogP contribution in [0.3, 0.4) is 0 Å². The molecule has 0 bridgehead atoms. The van der Waals surface area contributed by atoms with E-state index in [9.17, 15) is 9.59 Å². The minimum absolute atomic E-state index is 0.0428. The summed E-state index contributed by atoms with van der Waals surface area (Å²) < 4.78 is 11.7. The predicted octanol–water partition coefficient (Wildman–Crippen LogP) is 3.32. The number of nitrogens with zero attached hydrogens (tertiary/aromatic N) is 4. The lowest BCUT2D eigenvalue weighted by Gasteiger charge is -2.05. The molecule has 0 aliphatic rings. The van der Waals surface area contributed by atoms with E-state index in [4.69, 9.17) is 9.26 Å². The number of thiophene rings is 2. The molecule has 0 saturated carbocycles. The Balaban J connectivity index is 1.36. The first-order valence-corrected chi connectivity index (χ1v) is 10.2. The van der Waals surface area contributed by atoms with E-state index >= 15 is 0 Å². The lowest BCUT2D eigenvalue weighted by Crippen LogP contribution is -2.22. The lowest BCUT2D eigenvalue weighted by atomic mass is 10.2. The summed E-state index contributed by atoms with van der Waals surface area (Å²) in [5, 5.41) is 6.39. The van der Waals surface area contributed by atoms with E-state index < -0.39 is 5.97 Å². The van der Waals surface area contributed by atoms with Gasteiger partial charge < -0.3 is 9.26 Å². The first-order chi connectivity index (χ1) is 13.5. The Labute approximate surface area is 167 Å². The van der Waals surface area contributed by atoms with Crippen molar-refractivity contribution >= 4 is 38.9 Å². The van der Waals surface area contributed by atoms with Gasteiger partial charge in [0.2, 0.25) is 5.82 Å². The minimum atomic E-state index is -0.457. The van der Waals surface area contributed by atoms with Crippen LogP contribution in [0, 0.1) is 13.8 Å². The van der Waals surface area contributed by atoms with Gasteiger partial charge in [-0.2, -0.15) is 4.98 Å². The van der Waals surface area contributed by atoms with Gasteiger partial charge in [-0.3, -0.25) is 14.2 Å². The Morgan fingerprint density at radius 2 is 2.21 bits per heavy atom. The van der Waals surface area contributed by atoms with Crippen LogP contribution >= 0.6 is 22.7 Å². The van der Waals surface area contributed by atoms with Crippen molar-refractivity contribution in [2.45, 2.75) is 33.4 Å². The van der Waals surface area contributed by atoms with Crippen LogP contribution in [0.25, 0.3) is 20.9 Å². The Bertz CT molecular complexity index is 1190. The van der Waals surface area contributed by atoms with E-state index in [0.717, 1.165) is 20.1 Å². The average molecular weight is 416 g/mol. The van der Waals surface area contributed by atoms with Crippen LogP contribution < -0.4 is 5.56 Å². The highest BCUT2D eigenvalue weighted by atomic mass is 32.1. The standard InChI is InChI=1S/C18H16N4O4S2/c1-10-11(2)28-17-15(10)18(24)22(9-19-17)6-5-14(23)25-8-13-20-16(21-26-13)12-4-3-7-27-12/h3-4,7,9H,5-6,8H2,1-2H3. The summed E-state index contributed by atoms with van der Waals surface area (Å²) in [6.07, 6.45) is 1.51. The van der Waals surface area contributed by atoms with Crippen molar-refractivity contribution in [2.24, 2.45) is 0 Å². The molecule has 144 valence electrons. The fraction of sp³-hybridized carbons (Fsp3) is 0.278. The first kappa shape index (κ1) is 18.5. The second kappa shape index (κ2) is 7.64. The second-order valence-electron chi connectivity index (χ2n) is 6.11. The number of fused-ring (bicyclic) bond motifs is 1. The maximum Gasteiger partial charge on any atom is 0.308 e. The van der Waals surface area contributed by atoms with Gasteiger partial charge in [-0.05, 0) is 30.9 Å². The molecule has 4 rings (SSSR count). The molecule has 28 heavy (non-hydrogen) atoms. The van der Waals surface area contributed by atoms with E-state index in [-0.39, 0.29) is 31.0 Å². The van der Waals surface area contributed by atoms with Crippen LogP contribution in [0.1, 0.15) is 22.8 Å². The molecule has 0 saturated heterocycles. The molecule has 0 amide bonds. The largest absolute Gasteiger partial charge is 0.456 e. The topological polar surface area (TPSA) is 100 Å². The number of carbonyl (C=O) groups is 1. The number of hydrogen-bond acceptors (Lipinski definition) is 9. The highest BCUT2D eigenvalue weighted by Gasteiger charge is 2.14. The minimum Gasteiger partial charge on any atom is -0.456 e. The van der Waals surface area contributed by atoms with E-state index in [1.807, 2.05) is 31.4 Å². The van der Waals surface area contributed by atoms with Crippen LogP contribution in [-0.4, -0.2) is 25.7 Å². The molecule has 0 fully saturated rings. The van der Waals surface area contributed by atoms with Crippen molar-refractivity contribution in [1.82, 2.24) is 19.7 Å². The molecule has 0 aromatic carbocycles. The Hall–Kier alpha value is -2.85. The quantitative estimate of drug-likeness (QED) is 0.445. The molecular weight excluding hydrogens is 400 g/mol. The third kappa shape index (κ3) is 3.60. The number of hydrogen-bond donors (Lipinski definition) is 0. The number of esters is 1. The molecule has 0 unspecified atom stereocenters. The highest BCUT2D eigenvalue weighted by Crippen LogP contribution is 2.25. The maximum atomic E-state index is 12.6. The Kier molecular flexibility index (Phi) is 5.05. The van der Waals surface area contributed by atoms with Crippen molar-refractivity contribution < 1.29 is 14.1 Å². The molecule has 4 aromatic heterocycles. The van der Waals surface area contributed by atoms with E-state index in [2.05, 4.69) is 15.1 Å². The first-order valence-electron chi connectivity index (χ1n) is 8.50. The molecule has 0 spiro atoms. The number of rotatable bonds is 6.